The smallest absolute Gasteiger partial charge is 0.407 e. The molecule has 1 aliphatic carbocycles. The van der Waals surface area contributed by atoms with Gasteiger partial charge in [-0.05, 0) is 25.8 Å². The second-order valence-electron chi connectivity index (χ2n) is 3.04. The summed E-state index contributed by atoms with van der Waals surface area (Å²) >= 11 is 0. The molecule has 0 unspecified atom stereocenters. The number of nitrogens with two attached hydrogens (primary N) is 1. The maximum Gasteiger partial charge on any atom is 0.438 e. The fourth-order valence-electron chi connectivity index (χ4n) is 1.40. The van der Waals surface area contributed by atoms with Crippen molar-refractivity contribution in [3.8, 4) is 0 Å². The molecule has 1 aromatic heterocycles. The molecule has 1 heterocycles. The molecule has 0 radical (unpaired) electrons. The lowest BCUT2D eigenvalue weighted by atomic mass is 10.0. The van der Waals surface area contributed by atoms with Crippen molar-refractivity contribution in [2.75, 3.05) is 5.84 Å². The molecule has 2 rings (SSSR count). The molecule has 12 heavy (non-hydrogen) atoms. The third kappa shape index (κ3) is 0.879. The lowest BCUT2D eigenvalue weighted by molar-refractivity contribution is 0.492. The van der Waals surface area contributed by atoms with Gasteiger partial charge in [0.1, 0.15) is 0 Å². The molecule has 0 bridgehead atoms. The number of rotatable bonds is 0. The molecular formula is C8H10N2O2. The molecule has 0 saturated carbocycles. The van der Waals surface area contributed by atoms with Crippen LogP contribution >= 0.6 is 0 Å². The molecular weight excluding hydrogens is 156 g/mol. The molecule has 4 nitrogen and oxygen atoms in total. The maximum absolute atomic E-state index is 11.0. The summed E-state index contributed by atoms with van der Waals surface area (Å²) in [6.45, 7) is 2.01. The van der Waals surface area contributed by atoms with Crippen LogP contribution in [0.1, 0.15) is 24.8 Å². The number of nitrogen functional groups attached to an aromatic ring is 1. The summed E-state index contributed by atoms with van der Waals surface area (Å²) in [5.41, 5.74) is 2.02. The Balaban J connectivity index is 2.65. The van der Waals surface area contributed by atoms with Gasteiger partial charge in [-0.25, -0.2) is 4.79 Å². The van der Waals surface area contributed by atoms with E-state index in [0.717, 1.165) is 23.2 Å². The molecule has 2 N–H and O–H groups in total. The highest BCUT2D eigenvalue weighted by Gasteiger charge is 2.16. The first-order chi connectivity index (χ1) is 5.68. The zero-order chi connectivity index (χ0) is 8.72. The number of fused-ring (bicyclic) bond motifs is 1. The molecule has 0 amide bonds. The zero-order valence-electron chi connectivity index (χ0n) is 6.83. The summed E-state index contributed by atoms with van der Waals surface area (Å²) < 4.78 is 5.99. The van der Waals surface area contributed by atoms with E-state index in [1.165, 1.54) is 5.57 Å². The summed E-state index contributed by atoms with van der Waals surface area (Å²) in [4.78, 5) is 11.0. The first kappa shape index (κ1) is 7.21. The number of hydrogen-bond donors (Lipinski definition) is 1. The topological polar surface area (TPSA) is 61.2 Å². The van der Waals surface area contributed by atoms with Crippen LogP contribution in [-0.2, 0) is 6.42 Å². The van der Waals surface area contributed by atoms with Crippen LogP contribution in [0.15, 0.2) is 14.8 Å². The first-order valence-corrected chi connectivity index (χ1v) is 3.85. The zero-order valence-corrected chi connectivity index (χ0v) is 6.83. The quantitative estimate of drug-likeness (QED) is 0.571. The second kappa shape index (κ2) is 2.27. The highest BCUT2D eigenvalue weighted by atomic mass is 16.4. The van der Waals surface area contributed by atoms with E-state index >= 15 is 0 Å². The summed E-state index contributed by atoms with van der Waals surface area (Å²) in [5.74, 6) is 5.59. The molecule has 4 heteroatoms. The van der Waals surface area contributed by atoms with Crippen molar-refractivity contribution in [3.05, 3.63) is 27.6 Å². The third-order valence-corrected chi connectivity index (χ3v) is 2.10. The van der Waals surface area contributed by atoms with E-state index in [0.29, 0.717) is 5.76 Å². The predicted octanol–water partition coefficient (Wildman–Crippen LogP) is 0.505. The maximum atomic E-state index is 11.0. The molecule has 1 aliphatic rings. The summed E-state index contributed by atoms with van der Waals surface area (Å²) in [6.07, 6.45) is 3.60. The Labute approximate surface area is 69.3 Å². The highest BCUT2D eigenvalue weighted by molar-refractivity contribution is 5.52. The average Bonchev–Trinajstić information content (AvgIpc) is 2.28. The first-order valence-electron chi connectivity index (χ1n) is 3.85. The van der Waals surface area contributed by atoms with Gasteiger partial charge in [0, 0.05) is 0 Å². The van der Waals surface area contributed by atoms with Gasteiger partial charge in [-0.15, -0.1) is 0 Å². The minimum Gasteiger partial charge on any atom is -0.407 e. The van der Waals surface area contributed by atoms with E-state index in [4.69, 9.17) is 10.3 Å². The fraction of sp³-hybridized carbons (Fsp3) is 0.375. The van der Waals surface area contributed by atoms with Gasteiger partial charge >= 0.3 is 5.76 Å². The van der Waals surface area contributed by atoms with Gasteiger partial charge in [0.25, 0.3) is 0 Å². The van der Waals surface area contributed by atoms with Crippen LogP contribution in [0.25, 0.3) is 6.08 Å². The minimum absolute atomic E-state index is 0.481. The number of allylic oxidation sites excluding steroid dienone is 1. The van der Waals surface area contributed by atoms with Crippen molar-refractivity contribution in [2.24, 2.45) is 0 Å². The van der Waals surface area contributed by atoms with Crippen LogP contribution in [0.2, 0.25) is 0 Å². The molecule has 0 fully saturated rings. The number of aromatic nitrogens is 1. The van der Waals surface area contributed by atoms with Crippen molar-refractivity contribution in [1.82, 2.24) is 4.68 Å². The largest absolute Gasteiger partial charge is 0.438 e. The van der Waals surface area contributed by atoms with Crippen LogP contribution in [-0.4, -0.2) is 4.68 Å². The van der Waals surface area contributed by atoms with Crippen molar-refractivity contribution >= 4 is 6.08 Å². The number of hydrogen-bond acceptors (Lipinski definition) is 3. The summed E-state index contributed by atoms with van der Waals surface area (Å²) in [5, 5.41) is 0. The Morgan fingerprint density at radius 1 is 1.58 bits per heavy atom. The van der Waals surface area contributed by atoms with Crippen molar-refractivity contribution in [2.45, 2.75) is 19.8 Å². The van der Waals surface area contributed by atoms with E-state index in [1.807, 2.05) is 13.0 Å². The van der Waals surface area contributed by atoms with Gasteiger partial charge in [-0.3, -0.25) is 0 Å². The van der Waals surface area contributed by atoms with Gasteiger partial charge in [-0.2, -0.15) is 4.68 Å². The summed E-state index contributed by atoms with van der Waals surface area (Å²) in [6, 6.07) is 0. The third-order valence-electron chi connectivity index (χ3n) is 2.10. The standard InChI is InChI=1S/C8H10N2O2/c1-5-2-3-6-7(4-5)12-8(11)10(6)9/h4H,2-3,9H2,1H3. The van der Waals surface area contributed by atoms with E-state index in [1.54, 1.807) is 0 Å². The summed E-state index contributed by atoms with van der Waals surface area (Å²) in [7, 11) is 0. The van der Waals surface area contributed by atoms with Crippen LogP contribution in [0.4, 0.5) is 0 Å². The van der Waals surface area contributed by atoms with Crippen molar-refractivity contribution in [1.29, 1.82) is 0 Å². The van der Waals surface area contributed by atoms with Crippen molar-refractivity contribution in [3.63, 3.8) is 0 Å². The van der Waals surface area contributed by atoms with Crippen LogP contribution < -0.4 is 11.6 Å². The van der Waals surface area contributed by atoms with E-state index in [2.05, 4.69) is 0 Å². The van der Waals surface area contributed by atoms with Crippen LogP contribution in [0, 0.1) is 0 Å². The highest BCUT2D eigenvalue weighted by Crippen LogP contribution is 2.21. The van der Waals surface area contributed by atoms with Crippen LogP contribution in [0.3, 0.4) is 0 Å². The van der Waals surface area contributed by atoms with Gasteiger partial charge in [0.05, 0.1) is 5.69 Å². The van der Waals surface area contributed by atoms with E-state index in [-0.39, 0.29) is 0 Å². The Hall–Kier alpha value is -1.45. The van der Waals surface area contributed by atoms with Gasteiger partial charge in [0.2, 0.25) is 0 Å². The Kier molecular flexibility index (Phi) is 1.36. The van der Waals surface area contributed by atoms with Crippen LogP contribution in [0.5, 0.6) is 0 Å². The van der Waals surface area contributed by atoms with Gasteiger partial charge < -0.3 is 10.3 Å². The Morgan fingerprint density at radius 3 is 3.08 bits per heavy atom. The minimum atomic E-state index is -0.481. The number of nitrogens with zero attached hydrogens (tertiary/aromatic N) is 1. The monoisotopic (exact) mass is 166 g/mol. The Bertz CT molecular complexity index is 398. The molecule has 64 valence electrons. The predicted molar refractivity (Wildman–Crippen MR) is 45.1 cm³/mol. The molecule has 1 aromatic rings. The second-order valence-corrected chi connectivity index (χ2v) is 3.04. The lowest BCUT2D eigenvalue weighted by Gasteiger charge is -2.07. The molecule has 0 spiro atoms. The van der Waals surface area contributed by atoms with Gasteiger partial charge in [0.15, 0.2) is 5.76 Å². The fourth-order valence-corrected chi connectivity index (χ4v) is 1.40. The Morgan fingerprint density at radius 2 is 2.33 bits per heavy atom. The van der Waals surface area contributed by atoms with Crippen molar-refractivity contribution < 1.29 is 4.42 Å². The normalized spacial score (nSPS) is 15.6. The van der Waals surface area contributed by atoms with E-state index < -0.39 is 5.76 Å². The molecule has 0 saturated heterocycles. The SMILES string of the molecule is CC1=Cc2oc(=O)n(N)c2CC1. The lowest BCUT2D eigenvalue weighted by Crippen LogP contribution is -2.25. The number of oxazole rings is 1. The molecule has 0 aliphatic heterocycles. The molecule has 0 atom stereocenters. The van der Waals surface area contributed by atoms with Gasteiger partial charge in [-0.1, -0.05) is 5.57 Å². The van der Waals surface area contributed by atoms with E-state index in [9.17, 15) is 4.79 Å². The average molecular weight is 166 g/mol. The molecule has 0 aromatic carbocycles.